The first-order valence-electron chi connectivity index (χ1n) is 10.4. The number of nitrogens with one attached hydrogen (secondary N) is 3. The molecule has 31 heavy (non-hydrogen) atoms. The number of aromatic nitrogens is 5. The molecule has 2 aromatic heterocycles. The Kier molecular flexibility index (Phi) is 5.30. The average Bonchev–Trinajstić information content (AvgIpc) is 3.40. The molecule has 0 aliphatic carbocycles. The van der Waals surface area contributed by atoms with Crippen LogP contribution in [0.15, 0.2) is 36.4 Å². The fourth-order valence-corrected chi connectivity index (χ4v) is 3.99. The van der Waals surface area contributed by atoms with Crippen molar-refractivity contribution in [3.05, 3.63) is 65.1 Å². The van der Waals surface area contributed by atoms with Crippen molar-refractivity contribution in [1.82, 2.24) is 30.7 Å². The summed E-state index contributed by atoms with van der Waals surface area (Å²) in [4.78, 5) is 3.19. The fourth-order valence-electron chi connectivity index (χ4n) is 3.99. The number of rotatable bonds is 5. The third-order valence-corrected chi connectivity index (χ3v) is 5.71. The smallest absolute Gasteiger partial charge is 0.164 e. The minimum absolute atomic E-state index is 0.283. The average molecular weight is 420 g/mol. The molecule has 1 fully saturated rings. The molecule has 1 aliphatic rings. The second-order valence-corrected chi connectivity index (χ2v) is 7.89. The number of piperidine rings is 1. The highest BCUT2D eigenvalue weighted by molar-refractivity contribution is 5.92. The Hall–Kier alpha value is -3.39. The van der Waals surface area contributed by atoms with Crippen LogP contribution in [-0.4, -0.2) is 38.5 Å². The molecule has 0 bridgehead atoms. The lowest BCUT2D eigenvalue weighted by atomic mass is 9.94. The van der Waals surface area contributed by atoms with E-state index in [0.29, 0.717) is 28.5 Å². The third kappa shape index (κ3) is 4.25. The van der Waals surface area contributed by atoms with Crippen LogP contribution in [-0.2, 0) is 6.42 Å². The summed E-state index contributed by atoms with van der Waals surface area (Å²) < 4.78 is 27.9. The number of H-pyrrole nitrogens is 2. The van der Waals surface area contributed by atoms with Crippen LogP contribution < -0.4 is 5.32 Å². The molecule has 5 rings (SSSR count). The summed E-state index contributed by atoms with van der Waals surface area (Å²) in [5, 5.41) is 19.7. The number of hydrogen-bond acceptors (Lipinski definition) is 4. The number of fused-ring (bicyclic) bond motifs is 1. The van der Waals surface area contributed by atoms with Crippen molar-refractivity contribution in [2.45, 2.75) is 19.3 Å². The second-order valence-electron chi connectivity index (χ2n) is 7.89. The van der Waals surface area contributed by atoms with Gasteiger partial charge in [0.25, 0.3) is 0 Å². The molecule has 1 saturated heterocycles. The predicted octanol–water partition coefficient (Wildman–Crippen LogP) is 4.34. The van der Waals surface area contributed by atoms with Gasteiger partial charge in [-0.2, -0.15) is 5.10 Å². The van der Waals surface area contributed by atoms with Gasteiger partial charge in [0.1, 0.15) is 17.5 Å². The highest BCUT2D eigenvalue weighted by Crippen LogP contribution is 2.28. The summed E-state index contributed by atoms with van der Waals surface area (Å²) in [6.45, 7) is 2.04. The molecule has 158 valence electrons. The molecule has 0 atom stereocenters. The summed E-state index contributed by atoms with van der Waals surface area (Å²) in [5.41, 5.74) is 2.46. The molecule has 0 saturated carbocycles. The van der Waals surface area contributed by atoms with Gasteiger partial charge in [0.15, 0.2) is 5.82 Å². The first kappa shape index (κ1) is 19.6. The molecular formula is C23H22F2N6. The maximum Gasteiger partial charge on any atom is 0.164 e. The Morgan fingerprint density at radius 1 is 1.00 bits per heavy atom. The molecule has 3 N–H and O–H groups in total. The van der Waals surface area contributed by atoms with E-state index in [1.54, 1.807) is 18.2 Å². The number of aromatic amines is 2. The van der Waals surface area contributed by atoms with Crippen LogP contribution in [0.5, 0.6) is 0 Å². The van der Waals surface area contributed by atoms with Gasteiger partial charge in [-0.1, -0.05) is 18.2 Å². The lowest BCUT2D eigenvalue weighted by Gasteiger charge is -2.21. The predicted molar refractivity (Wildman–Crippen MR) is 116 cm³/mol. The molecule has 8 heteroatoms. The summed E-state index contributed by atoms with van der Waals surface area (Å²) >= 11 is 0. The van der Waals surface area contributed by atoms with E-state index in [2.05, 4.69) is 30.7 Å². The van der Waals surface area contributed by atoms with Gasteiger partial charge in [-0.05, 0) is 61.7 Å². The van der Waals surface area contributed by atoms with E-state index < -0.39 is 5.82 Å². The van der Waals surface area contributed by atoms with E-state index in [0.717, 1.165) is 49.1 Å². The summed E-state index contributed by atoms with van der Waals surface area (Å²) in [6.07, 6.45) is 6.68. The van der Waals surface area contributed by atoms with Crippen LogP contribution in [0.3, 0.4) is 0 Å². The van der Waals surface area contributed by atoms with E-state index >= 15 is 0 Å². The number of hydrogen-bond donors (Lipinski definition) is 3. The van der Waals surface area contributed by atoms with Crippen molar-refractivity contribution in [2.75, 3.05) is 13.1 Å². The van der Waals surface area contributed by atoms with Crippen molar-refractivity contribution >= 4 is 23.1 Å². The Labute approximate surface area is 177 Å². The highest BCUT2D eigenvalue weighted by atomic mass is 19.1. The number of halogens is 2. The fraction of sp³-hybridized carbons (Fsp3) is 0.261. The zero-order chi connectivity index (χ0) is 21.2. The van der Waals surface area contributed by atoms with Gasteiger partial charge >= 0.3 is 0 Å². The van der Waals surface area contributed by atoms with Crippen LogP contribution in [0.4, 0.5) is 8.78 Å². The Balaban J connectivity index is 1.42. The van der Waals surface area contributed by atoms with E-state index in [4.69, 9.17) is 0 Å². The first-order chi connectivity index (χ1) is 15.2. The molecule has 2 aromatic carbocycles. The molecular weight excluding hydrogens is 398 g/mol. The lowest BCUT2D eigenvalue weighted by molar-refractivity contribution is 0.367. The minimum Gasteiger partial charge on any atom is -0.325 e. The normalized spacial score (nSPS) is 15.3. The van der Waals surface area contributed by atoms with Gasteiger partial charge in [-0.15, -0.1) is 10.2 Å². The van der Waals surface area contributed by atoms with Gasteiger partial charge < -0.3 is 10.3 Å². The van der Waals surface area contributed by atoms with Crippen LogP contribution in [0, 0.1) is 17.6 Å². The van der Waals surface area contributed by atoms with E-state index in [9.17, 15) is 8.78 Å². The van der Waals surface area contributed by atoms with Gasteiger partial charge in [-0.3, -0.25) is 5.10 Å². The third-order valence-electron chi connectivity index (χ3n) is 5.71. The molecule has 0 spiro atoms. The zero-order valence-electron chi connectivity index (χ0n) is 16.8. The Morgan fingerprint density at radius 3 is 2.61 bits per heavy atom. The maximum atomic E-state index is 14.8. The number of nitrogens with zero attached hydrogens (tertiary/aromatic N) is 3. The number of benzene rings is 2. The Bertz CT molecular complexity index is 1220. The largest absolute Gasteiger partial charge is 0.325 e. The summed E-state index contributed by atoms with van der Waals surface area (Å²) in [6, 6.07) is 9.33. The summed E-state index contributed by atoms with van der Waals surface area (Å²) in [5.74, 6) is 1.08. The van der Waals surface area contributed by atoms with E-state index in [1.165, 1.54) is 18.2 Å². The molecule has 6 nitrogen and oxygen atoms in total. The van der Waals surface area contributed by atoms with Crippen molar-refractivity contribution in [1.29, 1.82) is 0 Å². The maximum absolute atomic E-state index is 14.8. The molecule has 3 heterocycles. The highest BCUT2D eigenvalue weighted by Gasteiger charge is 2.18. The van der Waals surface area contributed by atoms with Crippen molar-refractivity contribution in [3.63, 3.8) is 0 Å². The van der Waals surface area contributed by atoms with Gasteiger partial charge in [0.05, 0.1) is 16.8 Å². The second kappa shape index (κ2) is 8.39. The van der Waals surface area contributed by atoms with E-state index in [-0.39, 0.29) is 5.82 Å². The topological polar surface area (TPSA) is 82.3 Å². The van der Waals surface area contributed by atoms with Gasteiger partial charge in [-0.25, -0.2) is 8.78 Å². The zero-order valence-corrected chi connectivity index (χ0v) is 16.8. The monoisotopic (exact) mass is 420 g/mol. The quantitative estimate of drug-likeness (QED) is 0.449. The lowest BCUT2D eigenvalue weighted by Crippen LogP contribution is -2.28. The van der Waals surface area contributed by atoms with Crippen molar-refractivity contribution in [2.24, 2.45) is 5.92 Å². The molecule has 0 amide bonds. The molecule has 0 unspecified atom stereocenters. The summed E-state index contributed by atoms with van der Waals surface area (Å²) in [7, 11) is 0. The molecule has 1 aliphatic heterocycles. The minimum atomic E-state index is -0.394. The SMILES string of the molecule is Fc1ccc(/C=C/c2n[nH]c3cc(F)c(-c4nnc(CC5CCNCC5)[nH]4)cc23)cc1. The molecule has 0 radical (unpaired) electrons. The van der Waals surface area contributed by atoms with E-state index in [1.807, 2.05) is 12.2 Å². The standard InChI is InChI=1S/C23H22F2N6/c24-16-4-1-14(2-5-16)3-6-20-18-12-17(19(25)13-21(18)29-28-20)23-27-22(30-31-23)11-15-7-9-26-10-8-15/h1-6,12-13,15,26H,7-11H2,(H,28,29)(H,27,30,31)/b6-3+. The van der Waals surface area contributed by atoms with Crippen molar-refractivity contribution in [3.8, 4) is 11.4 Å². The van der Waals surface area contributed by atoms with Crippen LogP contribution in [0.2, 0.25) is 0 Å². The van der Waals surface area contributed by atoms with Crippen LogP contribution in [0.25, 0.3) is 34.4 Å². The van der Waals surface area contributed by atoms with Gasteiger partial charge in [0.2, 0.25) is 0 Å². The van der Waals surface area contributed by atoms with Crippen LogP contribution in [0.1, 0.15) is 29.9 Å². The van der Waals surface area contributed by atoms with Crippen LogP contribution >= 0.6 is 0 Å². The Morgan fingerprint density at radius 2 is 1.81 bits per heavy atom. The van der Waals surface area contributed by atoms with Gasteiger partial charge in [0, 0.05) is 17.9 Å². The molecule has 4 aromatic rings. The van der Waals surface area contributed by atoms with Crippen molar-refractivity contribution < 1.29 is 8.78 Å². The first-order valence-corrected chi connectivity index (χ1v) is 10.4.